The Morgan fingerprint density at radius 1 is 1.13 bits per heavy atom. The summed E-state index contributed by atoms with van der Waals surface area (Å²) in [5.41, 5.74) is 0.582. The molecule has 0 saturated carbocycles. The number of benzene rings is 1. The van der Waals surface area contributed by atoms with Crippen LogP contribution in [0, 0.1) is 5.92 Å². The number of anilines is 1. The van der Waals surface area contributed by atoms with E-state index in [2.05, 4.69) is 10.3 Å². The second-order valence-electron chi connectivity index (χ2n) is 7.03. The zero-order chi connectivity index (χ0) is 21.8. The van der Waals surface area contributed by atoms with E-state index in [4.69, 9.17) is 4.74 Å². The SMILES string of the molecule is CC(C)C(=O)Nc1ccc(C(=O)[C@@H](C)OC(=O)Cn2cnc3sccc3c2=O)cc1. The first-order valence-electron chi connectivity index (χ1n) is 9.33. The molecule has 8 nitrogen and oxygen atoms in total. The second-order valence-corrected chi connectivity index (χ2v) is 7.93. The Kier molecular flexibility index (Phi) is 6.41. The molecule has 0 fully saturated rings. The lowest BCUT2D eigenvalue weighted by Gasteiger charge is -2.13. The molecule has 1 N–H and O–H groups in total. The summed E-state index contributed by atoms with van der Waals surface area (Å²) in [4.78, 5) is 53.6. The zero-order valence-corrected chi connectivity index (χ0v) is 17.6. The molecule has 1 amide bonds. The maximum absolute atomic E-state index is 12.5. The first-order valence-corrected chi connectivity index (χ1v) is 10.2. The van der Waals surface area contributed by atoms with Gasteiger partial charge < -0.3 is 10.1 Å². The molecule has 0 bridgehead atoms. The Hall–Kier alpha value is -3.33. The molecule has 0 spiro atoms. The van der Waals surface area contributed by atoms with Gasteiger partial charge in [-0.25, -0.2) is 4.98 Å². The Morgan fingerprint density at radius 2 is 1.83 bits per heavy atom. The maximum Gasteiger partial charge on any atom is 0.326 e. The van der Waals surface area contributed by atoms with Crippen LogP contribution in [-0.4, -0.2) is 33.3 Å². The van der Waals surface area contributed by atoms with Crippen molar-refractivity contribution in [2.24, 2.45) is 5.92 Å². The first-order chi connectivity index (χ1) is 14.3. The summed E-state index contributed by atoms with van der Waals surface area (Å²) < 4.78 is 6.36. The average molecular weight is 427 g/mol. The molecule has 2 heterocycles. The highest BCUT2D eigenvalue weighted by atomic mass is 32.1. The highest BCUT2D eigenvalue weighted by Crippen LogP contribution is 2.15. The van der Waals surface area contributed by atoms with Gasteiger partial charge in [-0.1, -0.05) is 13.8 Å². The third-order valence-electron chi connectivity index (χ3n) is 4.39. The monoisotopic (exact) mass is 427 g/mol. The predicted octanol–water partition coefficient (Wildman–Crippen LogP) is 2.87. The number of amides is 1. The van der Waals surface area contributed by atoms with Crippen LogP contribution in [0.25, 0.3) is 10.2 Å². The van der Waals surface area contributed by atoms with Crippen LogP contribution in [0.3, 0.4) is 0 Å². The van der Waals surface area contributed by atoms with Crippen LogP contribution >= 0.6 is 11.3 Å². The second kappa shape index (κ2) is 9.00. The van der Waals surface area contributed by atoms with Crippen LogP contribution in [0.4, 0.5) is 5.69 Å². The number of hydrogen-bond donors (Lipinski definition) is 1. The molecule has 3 rings (SSSR count). The molecule has 1 atom stereocenters. The number of rotatable bonds is 7. The molecule has 2 aromatic heterocycles. The Balaban J connectivity index is 1.61. The summed E-state index contributed by atoms with van der Waals surface area (Å²) >= 11 is 1.34. The fourth-order valence-corrected chi connectivity index (χ4v) is 3.40. The van der Waals surface area contributed by atoms with Gasteiger partial charge in [-0.15, -0.1) is 11.3 Å². The van der Waals surface area contributed by atoms with Crippen molar-refractivity contribution in [2.75, 3.05) is 5.32 Å². The minimum atomic E-state index is -1.03. The molecule has 0 saturated heterocycles. The van der Waals surface area contributed by atoms with Crippen molar-refractivity contribution >= 4 is 44.9 Å². The number of thiophene rings is 1. The van der Waals surface area contributed by atoms with Crippen LogP contribution in [0.2, 0.25) is 0 Å². The van der Waals surface area contributed by atoms with Gasteiger partial charge in [0.1, 0.15) is 11.4 Å². The Labute approximate surface area is 176 Å². The standard InChI is InChI=1S/C21H21N3O5S/c1-12(2)19(27)23-15-6-4-14(5-7-15)18(26)13(3)29-17(25)10-24-11-22-20-16(21(24)28)8-9-30-20/h4-9,11-13H,10H2,1-3H3,(H,23,27)/t13-/m1/s1. The van der Waals surface area contributed by atoms with Gasteiger partial charge in [0.2, 0.25) is 11.7 Å². The smallest absolute Gasteiger partial charge is 0.326 e. The summed E-state index contributed by atoms with van der Waals surface area (Å²) in [7, 11) is 0. The molecule has 0 radical (unpaired) electrons. The summed E-state index contributed by atoms with van der Waals surface area (Å²) in [6.45, 7) is 4.70. The van der Waals surface area contributed by atoms with E-state index in [-0.39, 0.29) is 29.7 Å². The van der Waals surface area contributed by atoms with E-state index < -0.39 is 12.1 Å². The Morgan fingerprint density at radius 3 is 2.50 bits per heavy atom. The number of aromatic nitrogens is 2. The van der Waals surface area contributed by atoms with E-state index in [1.807, 2.05) is 0 Å². The van der Waals surface area contributed by atoms with Crippen molar-refractivity contribution in [3.8, 4) is 0 Å². The number of hydrogen-bond acceptors (Lipinski definition) is 7. The molecule has 3 aromatic rings. The number of esters is 1. The summed E-state index contributed by atoms with van der Waals surface area (Å²) in [5.74, 6) is -1.38. The number of carbonyl (C=O) groups excluding carboxylic acids is 3. The van der Waals surface area contributed by atoms with Crippen molar-refractivity contribution in [3.05, 3.63) is 58.0 Å². The van der Waals surface area contributed by atoms with E-state index in [0.717, 1.165) is 4.57 Å². The summed E-state index contributed by atoms with van der Waals surface area (Å²) in [6.07, 6.45) is 0.265. The van der Waals surface area contributed by atoms with Crippen molar-refractivity contribution in [3.63, 3.8) is 0 Å². The van der Waals surface area contributed by atoms with E-state index in [1.54, 1.807) is 49.6 Å². The third kappa shape index (κ3) is 4.80. The number of nitrogens with one attached hydrogen (secondary N) is 1. The number of ketones is 1. The van der Waals surface area contributed by atoms with Gasteiger partial charge in [0.15, 0.2) is 6.10 Å². The molecule has 0 aliphatic rings. The van der Waals surface area contributed by atoms with Crippen molar-refractivity contribution in [1.29, 1.82) is 0 Å². The molecule has 1 aromatic carbocycles. The lowest BCUT2D eigenvalue weighted by Crippen LogP contribution is -2.30. The van der Waals surface area contributed by atoms with Crippen LogP contribution in [0.5, 0.6) is 0 Å². The van der Waals surface area contributed by atoms with E-state index in [9.17, 15) is 19.2 Å². The summed E-state index contributed by atoms with van der Waals surface area (Å²) in [6, 6.07) is 7.99. The molecule has 30 heavy (non-hydrogen) atoms. The summed E-state index contributed by atoms with van der Waals surface area (Å²) in [5, 5.41) is 4.93. The number of carbonyl (C=O) groups is 3. The van der Waals surface area contributed by atoms with Crippen LogP contribution in [0.1, 0.15) is 31.1 Å². The van der Waals surface area contributed by atoms with Crippen LogP contribution < -0.4 is 10.9 Å². The normalized spacial score (nSPS) is 12.0. The number of Topliss-reactive ketones (excluding diaryl/α,β-unsaturated/α-hetero) is 1. The maximum atomic E-state index is 12.5. The number of nitrogens with zero attached hydrogens (tertiary/aromatic N) is 2. The van der Waals surface area contributed by atoms with E-state index in [0.29, 0.717) is 21.5 Å². The van der Waals surface area contributed by atoms with Crippen molar-refractivity contribution < 1.29 is 19.1 Å². The largest absolute Gasteiger partial charge is 0.453 e. The molecule has 0 unspecified atom stereocenters. The quantitative estimate of drug-likeness (QED) is 0.459. The number of ether oxygens (including phenoxy) is 1. The zero-order valence-electron chi connectivity index (χ0n) is 16.7. The van der Waals surface area contributed by atoms with Gasteiger partial charge in [0.25, 0.3) is 5.56 Å². The minimum absolute atomic E-state index is 0.123. The molecule has 156 valence electrons. The lowest BCUT2D eigenvalue weighted by atomic mass is 10.1. The van der Waals surface area contributed by atoms with E-state index in [1.165, 1.54) is 24.6 Å². The fraction of sp³-hybridized carbons (Fsp3) is 0.286. The first kappa shape index (κ1) is 21.4. The van der Waals surface area contributed by atoms with Gasteiger partial charge >= 0.3 is 5.97 Å². The van der Waals surface area contributed by atoms with Gasteiger partial charge in [0, 0.05) is 17.2 Å². The van der Waals surface area contributed by atoms with Gasteiger partial charge in [0.05, 0.1) is 11.7 Å². The highest BCUT2D eigenvalue weighted by Gasteiger charge is 2.20. The topological polar surface area (TPSA) is 107 Å². The van der Waals surface area contributed by atoms with Crippen molar-refractivity contribution in [2.45, 2.75) is 33.4 Å². The van der Waals surface area contributed by atoms with Gasteiger partial charge in [-0.05, 0) is 42.6 Å². The van der Waals surface area contributed by atoms with Gasteiger partial charge in [-0.3, -0.25) is 23.7 Å². The third-order valence-corrected chi connectivity index (χ3v) is 5.21. The molecule has 0 aliphatic carbocycles. The van der Waals surface area contributed by atoms with Crippen molar-refractivity contribution in [1.82, 2.24) is 9.55 Å². The minimum Gasteiger partial charge on any atom is -0.453 e. The van der Waals surface area contributed by atoms with E-state index >= 15 is 0 Å². The number of fused-ring (bicyclic) bond motifs is 1. The Bertz CT molecular complexity index is 1150. The predicted molar refractivity (Wildman–Crippen MR) is 114 cm³/mol. The highest BCUT2D eigenvalue weighted by molar-refractivity contribution is 7.16. The van der Waals surface area contributed by atoms with Gasteiger partial charge in [-0.2, -0.15) is 0 Å². The van der Waals surface area contributed by atoms with Crippen LogP contribution in [-0.2, 0) is 20.9 Å². The molecular formula is C21H21N3O5S. The fourth-order valence-electron chi connectivity index (χ4n) is 2.67. The molecular weight excluding hydrogens is 406 g/mol. The van der Waals surface area contributed by atoms with Crippen LogP contribution in [0.15, 0.2) is 46.8 Å². The molecule has 9 heteroatoms. The average Bonchev–Trinajstić information content (AvgIpc) is 3.19. The lowest BCUT2D eigenvalue weighted by molar-refractivity contribution is -0.147. The molecule has 0 aliphatic heterocycles.